The number of carbonyl (C=O) groups is 1. The SMILES string of the molecule is CS(=O)(=O)Nc1ccn(C(=O)N2CCN(Cc3cccc(C(F)(F)F)c3N3CCC(F)CC3)CC2)n1. The molecule has 0 unspecified atom stereocenters. The van der Waals surface area contributed by atoms with E-state index in [0.717, 1.165) is 17.0 Å². The number of benzene rings is 1. The molecule has 36 heavy (non-hydrogen) atoms. The Labute approximate surface area is 206 Å². The van der Waals surface area contributed by atoms with Crippen molar-refractivity contribution in [2.24, 2.45) is 0 Å². The van der Waals surface area contributed by atoms with Gasteiger partial charge in [0.05, 0.1) is 17.5 Å². The molecule has 2 fully saturated rings. The van der Waals surface area contributed by atoms with Gasteiger partial charge >= 0.3 is 12.2 Å². The van der Waals surface area contributed by atoms with Gasteiger partial charge in [-0.1, -0.05) is 12.1 Å². The van der Waals surface area contributed by atoms with Crippen molar-refractivity contribution in [1.82, 2.24) is 19.6 Å². The quantitative estimate of drug-likeness (QED) is 0.596. The lowest BCUT2D eigenvalue weighted by Crippen LogP contribution is -2.49. The number of halogens is 4. The van der Waals surface area contributed by atoms with E-state index in [9.17, 15) is 30.8 Å². The number of sulfonamides is 1. The summed E-state index contributed by atoms with van der Waals surface area (Å²) >= 11 is 0. The largest absolute Gasteiger partial charge is 0.418 e. The van der Waals surface area contributed by atoms with Gasteiger partial charge in [-0.05, 0) is 24.5 Å². The lowest BCUT2D eigenvalue weighted by atomic mass is 10.0. The van der Waals surface area contributed by atoms with Crippen LogP contribution in [-0.4, -0.2) is 85.7 Å². The number of carbonyl (C=O) groups excluding carboxylic acids is 1. The summed E-state index contributed by atoms with van der Waals surface area (Å²) in [5.74, 6) is 0.0263. The van der Waals surface area contributed by atoms with Crippen LogP contribution in [-0.2, 0) is 22.7 Å². The van der Waals surface area contributed by atoms with Crippen LogP contribution in [0.25, 0.3) is 0 Å². The summed E-state index contributed by atoms with van der Waals surface area (Å²) in [5.41, 5.74) is -0.0911. The maximum absolute atomic E-state index is 13.8. The van der Waals surface area contributed by atoms with E-state index in [4.69, 9.17) is 0 Å². The molecule has 0 aliphatic carbocycles. The van der Waals surface area contributed by atoms with Crippen molar-refractivity contribution < 1.29 is 30.8 Å². The van der Waals surface area contributed by atoms with E-state index in [1.54, 1.807) is 15.9 Å². The van der Waals surface area contributed by atoms with E-state index in [1.165, 1.54) is 18.3 Å². The molecule has 0 saturated carbocycles. The fourth-order valence-corrected chi connectivity index (χ4v) is 5.04. The van der Waals surface area contributed by atoms with Gasteiger partial charge in [0.15, 0.2) is 5.82 Å². The average Bonchev–Trinajstić information content (AvgIpc) is 3.26. The van der Waals surface area contributed by atoms with Gasteiger partial charge < -0.3 is 9.80 Å². The highest BCUT2D eigenvalue weighted by molar-refractivity contribution is 7.92. The Hall–Kier alpha value is -2.87. The zero-order chi connectivity index (χ0) is 26.1. The summed E-state index contributed by atoms with van der Waals surface area (Å²) in [6, 6.07) is 5.07. The van der Waals surface area contributed by atoms with Crippen LogP contribution >= 0.6 is 0 Å². The predicted octanol–water partition coefficient (Wildman–Crippen LogP) is 3.00. The van der Waals surface area contributed by atoms with Crippen LogP contribution in [0.15, 0.2) is 30.5 Å². The second kappa shape index (κ2) is 10.2. The molecule has 1 aromatic carbocycles. The first-order valence-electron chi connectivity index (χ1n) is 11.5. The van der Waals surface area contributed by atoms with Crippen molar-refractivity contribution >= 4 is 27.6 Å². The van der Waals surface area contributed by atoms with Crippen molar-refractivity contribution in [3.63, 3.8) is 0 Å². The van der Waals surface area contributed by atoms with Crippen LogP contribution in [0, 0.1) is 0 Å². The average molecular weight is 533 g/mol. The van der Waals surface area contributed by atoms with Crippen molar-refractivity contribution in [3.05, 3.63) is 41.6 Å². The minimum Gasteiger partial charge on any atom is -0.371 e. The summed E-state index contributed by atoms with van der Waals surface area (Å²) < 4.78 is 81.1. The van der Waals surface area contributed by atoms with Crippen molar-refractivity contribution in [3.8, 4) is 0 Å². The monoisotopic (exact) mass is 532 g/mol. The predicted molar refractivity (Wildman–Crippen MR) is 126 cm³/mol. The molecule has 2 aromatic rings. The van der Waals surface area contributed by atoms with Crippen LogP contribution in [0.3, 0.4) is 0 Å². The molecule has 198 valence electrons. The molecular weight excluding hydrogens is 504 g/mol. The minimum atomic E-state index is -4.53. The van der Waals surface area contributed by atoms with Crippen molar-refractivity contribution in [2.45, 2.75) is 31.7 Å². The number of hydrogen-bond acceptors (Lipinski definition) is 6. The van der Waals surface area contributed by atoms with Gasteiger partial charge in [0.2, 0.25) is 10.0 Å². The summed E-state index contributed by atoms with van der Waals surface area (Å²) in [6.45, 7) is 2.24. The second-order valence-corrected chi connectivity index (χ2v) is 10.8. The van der Waals surface area contributed by atoms with Gasteiger partial charge in [0.1, 0.15) is 6.17 Å². The Morgan fingerprint density at radius 1 is 1.08 bits per heavy atom. The molecule has 0 bridgehead atoms. The molecule has 0 spiro atoms. The number of piperazine rings is 1. The number of aromatic nitrogens is 2. The maximum Gasteiger partial charge on any atom is 0.418 e. The highest BCUT2D eigenvalue weighted by atomic mass is 32.2. The van der Waals surface area contributed by atoms with E-state index in [-0.39, 0.29) is 44.0 Å². The standard InChI is InChI=1S/C22H28F4N6O3S/c1-36(34,35)28-19-7-10-32(27-19)21(33)31-13-11-29(12-14-31)15-16-3-2-4-18(22(24,25)26)20(16)30-8-5-17(23)6-9-30/h2-4,7,10,17H,5-6,8-9,11-15H2,1H3,(H,27,28). The van der Waals surface area contributed by atoms with Gasteiger partial charge in [-0.15, -0.1) is 5.10 Å². The van der Waals surface area contributed by atoms with Gasteiger partial charge in [-0.2, -0.15) is 17.9 Å². The van der Waals surface area contributed by atoms with Gasteiger partial charge in [-0.25, -0.2) is 17.6 Å². The topological polar surface area (TPSA) is 90.8 Å². The van der Waals surface area contributed by atoms with Gasteiger partial charge in [0, 0.05) is 58.1 Å². The first-order chi connectivity index (χ1) is 16.9. The van der Waals surface area contributed by atoms with Crippen LogP contribution in [0.5, 0.6) is 0 Å². The molecule has 4 rings (SSSR count). The number of piperidine rings is 1. The van der Waals surface area contributed by atoms with Crippen LogP contribution in [0.1, 0.15) is 24.0 Å². The fraction of sp³-hybridized carbons (Fsp3) is 0.545. The third-order valence-electron chi connectivity index (χ3n) is 6.28. The first-order valence-corrected chi connectivity index (χ1v) is 13.4. The normalized spacial score (nSPS) is 18.5. The highest BCUT2D eigenvalue weighted by Gasteiger charge is 2.37. The van der Waals surface area contributed by atoms with Gasteiger partial charge in [-0.3, -0.25) is 9.62 Å². The zero-order valence-electron chi connectivity index (χ0n) is 19.7. The molecule has 3 heterocycles. The van der Waals surface area contributed by atoms with E-state index in [1.807, 2.05) is 4.90 Å². The van der Waals surface area contributed by atoms with Gasteiger partial charge in [0.25, 0.3) is 0 Å². The van der Waals surface area contributed by atoms with E-state index >= 15 is 0 Å². The molecule has 1 amide bonds. The Morgan fingerprint density at radius 2 is 1.75 bits per heavy atom. The Bertz CT molecular complexity index is 1190. The minimum absolute atomic E-state index is 0.0263. The zero-order valence-corrected chi connectivity index (χ0v) is 20.5. The molecule has 1 N–H and O–H groups in total. The second-order valence-electron chi connectivity index (χ2n) is 9.04. The Kier molecular flexibility index (Phi) is 7.46. The van der Waals surface area contributed by atoms with E-state index < -0.39 is 34.0 Å². The lowest BCUT2D eigenvalue weighted by Gasteiger charge is -2.37. The molecule has 9 nitrogen and oxygen atoms in total. The molecule has 2 aliphatic heterocycles. The lowest BCUT2D eigenvalue weighted by molar-refractivity contribution is -0.137. The summed E-state index contributed by atoms with van der Waals surface area (Å²) in [6.07, 6.45) is -2.80. The van der Waals surface area contributed by atoms with E-state index in [0.29, 0.717) is 31.7 Å². The Morgan fingerprint density at radius 3 is 2.36 bits per heavy atom. The fourth-order valence-electron chi connectivity index (χ4n) is 4.55. The summed E-state index contributed by atoms with van der Waals surface area (Å²) in [5, 5.41) is 3.94. The number of para-hydroxylation sites is 1. The highest BCUT2D eigenvalue weighted by Crippen LogP contribution is 2.40. The smallest absolute Gasteiger partial charge is 0.371 e. The number of hydrogen-bond donors (Lipinski definition) is 1. The number of nitrogens with one attached hydrogen (secondary N) is 1. The van der Waals surface area contributed by atoms with E-state index in [2.05, 4.69) is 9.82 Å². The third kappa shape index (κ3) is 6.27. The molecule has 0 atom stereocenters. The molecular formula is C22H28F4N6O3S. The van der Waals surface area contributed by atoms with Crippen LogP contribution < -0.4 is 9.62 Å². The number of rotatable bonds is 5. The van der Waals surface area contributed by atoms with Crippen LogP contribution in [0.4, 0.5) is 33.9 Å². The summed E-state index contributed by atoms with van der Waals surface area (Å²) in [4.78, 5) is 17.9. The third-order valence-corrected chi connectivity index (χ3v) is 6.86. The summed E-state index contributed by atoms with van der Waals surface area (Å²) in [7, 11) is -3.53. The number of nitrogens with zero attached hydrogens (tertiary/aromatic N) is 5. The molecule has 2 saturated heterocycles. The van der Waals surface area contributed by atoms with Crippen LogP contribution in [0.2, 0.25) is 0 Å². The molecule has 2 aliphatic rings. The Balaban J connectivity index is 1.43. The first kappa shape index (κ1) is 26.2. The number of alkyl halides is 4. The molecule has 0 radical (unpaired) electrons. The van der Waals surface area contributed by atoms with Crippen molar-refractivity contribution in [1.29, 1.82) is 0 Å². The number of anilines is 2. The molecule has 14 heteroatoms. The van der Waals surface area contributed by atoms with Crippen molar-refractivity contribution in [2.75, 3.05) is 55.1 Å². The maximum atomic E-state index is 13.8. The molecule has 1 aromatic heterocycles. The number of amides is 1.